The molecule has 1 saturated heterocycles. The predicted molar refractivity (Wildman–Crippen MR) is 158 cm³/mol. The average molecular weight is 594 g/mol. The van der Waals surface area contributed by atoms with Crippen LogP contribution in [0.3, 0.4) is 0 Å². The number of benzene rings is 2. The Labute approximate surface area is 245 Å². The molecule has 214 valence electrons. The minimum atomic E-state index is -1.03. The summed E-state index contributed by atoms with van der Waals surface area (Å²) in [6.07, 6.45) is 3.28. The molecule has 41 heavy (non-hydrogen) atoms. The molecule has 3 N–H and O–H groups in total. The van der Waals surface area contributed by atoms with Crippen LogP contribution in [0.4, 0.5) is 0 Å². The fourth-order valence-corrected chi connectivity index (χ4v) is 7.00. The van der Waals surface area contributed by atoms with Crippen LogP contribution in [-0.4, -0.2) is 59.5 Å². The molecule has 5 rings (SSSR count). The van der Waals surface area contributed by atoms with Crippen molar-refractivity contribution in [3.63, 3.8) is 0 Å². The first-order valence-electron chi connectivity index (χ1n) is 13.6. The Morgan fingerprint density at radius 1 is 0.927 bits per heavy atom. The van der Waals surface area contributed by atoms with Crippen molar-refractivity contribution in [1.82, 2.24) is 15.7 Å². The first-order chi connectivity index (χ1) is 19.9. The second-order valence-corrected chi connectivity index (χ2v) is 12.3. The minimum absolute atomic E-state index is 0.257. The first-order valence-corrected chi connectivity index (χ1v) is 15.2. The number of esters is 1. The van der Waals surface area contributed by atoms with Crippen LogP contribution in [0, 0.1) is 5.92 Å². The van der Waals surface area contributed by atoms with E-state index >= 15 is 0 Å². The number of hydrogen-bond acceptors (Lipinski definition) is 8. The number of carbonyl (C=O) groups is 4. The van der Waals surface area contributed by atoms with Crippen molar-refractivity contribution in [1.29, 1.82) is 0 Å². The highest BCUT2D eigenvalue weighted by Crippen LogP contribution is 2.27. The number of piperidine rings is 1. The van der Waals surface area contributed by atoms with Crippen LogP contribution in [0.2, 0.25) is 0 Å². The van der Waals surface area contributed by atoms with E-state index in [0.29, 0.717) is 35.2 Å². The van der Waals surface area contributed by atoms with Gasteiger partial charge in [-0.15, -0.1) is 22.7 Å². The van der Waals surface area contributed by atoms with Gasteiger partial charge in [-0.3, -0.25) is 19.6 Å². The summed E-state index contributed by atoms with van der Waals surface area (Å²) in [4.78, 5) is 53.7. The van der Waals surface area contributed by atoms with Gasteiger partial charge in [0.2, 0.25) is 11.8 Å². The van der Waals surface area contributed by atoms with Gasteiger partial charge in [0, 0.05) is 28.9 Å². The van der Waals surface area contributed by atoms with Crippen molar-refractivity contribution < 1.29 is 29.1 Å². The van der Waals surface area contributed by atoms with Gasteiger partial charge >= 0.3 is 5.97 Å². The molecule has 1 aliphatic heterocycles. The number of thiophene rings is 2. The second-order valence-electron chi connectivity index (χ2n) is 10.1. The maximum Gasteiger partial charge on any atom is 0.348 e. The van der Waals surface area contributed by atoms with E-state index in [0.717, 1.165) is 39.4 Å². The van der Waals surface area contributed by atoms with Gasteiger partial charge in [-0.1, -0.05) is 36.4 Å². The van der Waals surface area contributed by atoms with E-state index in [4.69, 9.17) is 9.94 Å². The summed E-state index contributed by atoms with van der Waals surface area (Å²) < 4.78 is 7.52. The molecule has 4 aromatic rings. The van der Waals surface area contributed by atoms with Crippen molar-refractivity contribution in [2.45, 2.75) is 38.1 Å². The van der Waals surface area contributed by atoms with Crippen molar-refractivity contribution in [3.8, 4) is 0 Å². The molecule has 11 heteroatoms. The molecule has 2 aromatic heterocycles. The molecule has 3 heterocycles. The summed E-state index contributed by atoms with van der Waals surface area (Å²) in [6, 6.07) is 17.9. The molecule has 1 aliphatic rings. The van der Waals surface area contributed by atoms with E-state index in [1.165, 1.54) is 22.7 Å². The smallest absolute Gasteiger partial charge is 0.348 e. The van der Waals surface area contributed by atoms with E-state index < -0.39 is 17.9 Å². The number of hydrogen-bond donors (Lipinski definition) is 3. The van der Waals surface area contributed by atoms with Crippen LogP contribution < -0.4 is 10.8 Å². The normalized spacial score (nSPS) is 14.6. The monoisotopic (exact) mass is 593 g/mol. The Morgan fingerprint density at radius 3 is 2.17 bits per heavy atom. The summed E-state index contributed by atoms with van der Waals surface area (Å²) >= 11 is 2.66. The number of rotatable bonds is 10. The van der Waals surface area contributed by atoms with Crippen molar-refractivity contribution in [2.24, 2.45) is 5.92 Å². The number of fused-ring (bicyclic) bond motifs is 2. The third-order valence-corrected chi connectivity index (χ3v) is 9.54. The fraction of sp³-hybridized carbons (Fsp3) is 0.333. The Balaban J connectivity index is 1.24. The molecule has 1 atom stereocenters. The third-order valence-electron chi connectivity index (χ3n) is 7.33. The van der Waals surface area contributed by atoms with E-state index in [9.17, 15) is 19.2 Å². The van der Waals surface area contributed by atoms with Gasteiger partial charge in [0.25, 0.3) is 5.91 Å². The van der Waals surface area contributed by atoms with Crippen LogP contribution in [0.15, 0.2) is 60.7 Å². The lowest BCUT2D eigenvalue weighted by molar-refractivity contribution is -0.135. The molecule has 0 saturated carbocycles. The zero-order valence-electron chi connectivity index (χ0n) is 22.3. The molecular formula is C30H31N3O6S2. The number of carbonyl (C=O) groups excluding carboxylic acids is 4. The SMILES string of the molecule is O=C(CCCC1CCN(C(=O)C(COC(=O)c2cc3ccccc3s2)NC(=O)c2cc3ccccc3s2)CC1)NO. The number of likely N-dealkylation sites (tertiary alicyclic amines) is 1. The lowest BCUT2D eigenvalue weighted by atomic mass is 9.91. The van der Waals surface area contributed by atoms with E-state index in [1.54, 1.807) is 22.5 Å². The summed E-state index contributed by atoms with van der Waals surface area (Å²) in [7, 11) is 0. The van der Waals surface area contributed by atoms with E-state index in [1.807, 2.05) is 48.5 Å². The van der Waals surface area contributed by atoms with E-state index in [-0.39, 0.29) is 24.8 Å². The molecule has 1 fully saturated rings. The topological polar surface area (TPSA) is 125 Å². The molecule has 9 nitrogen and oxygen atoms in total. The molecule has 0 aliphatic carbocycles. The largest absolute Gasteiger partial charge is 0.459 e. The van der Waals surface area contributed by atoms with Crippen LogP contribution >= 0.6 is 22.7 Å². The van der Waals surface area contributed by atoms with Crippen LogP contribution in [-0.2, 0) is 14.3 Å². The van der Waals surface area contributed by atoms with Gasteiger partial charge in [-0.2, -0.15) is 0 Å². The van der Waals surface area contributed by atoms with Crippen LogP contribution in [0.1, 0.15) is 51.4 Å². The van der Waals surface area contributed by atoms with Gasteiger partial charge < -0.3 is 15.0 Å². The minimum Gasteiger partial charge on any atom is -0.459 e. The number of ether oxygens (including phenoxy) is 1. The maximum atomic E-state index is 13.6. The predicted octanol–water partition coefficient (Wildman–Crippen LogP) is 4.99. The third kappa shape index (κ3) is 7.10. The molecule has 0 radical (unpaired) electrons. The summed E-state index contributed by atoms with van der Waals surface area (Å²) in [6.45, 7) is 0.739. The lowest BCUT2D eigenvalue weighted by Gasteiger charge is -2.34. The van der Waals surface area contributed by atoms with Gasteiger partial charge in [0.1, 0.15) is 17.5 Å². The number of nitrogens with one attached hydrogen (secondary N) is 2. The van der Waals surface area contributed by atoms with Gasteiger partial charge in [-0.25, -0.2) is 10.3 Å². The van der Waals surface area contributed by atoms with Crippen molar-refractivity contribution in [3.05, 3.63) is 70.4 Å². The highest BCUT2D eigenvalue weighted by molar-refractivity contribution is 7.21. The van der Waals surface area contributed by atoms with Crippen LogP contribution in [0.25, 0.3) is 20.2 Å². The standard InChI is InChI=1S/C30H31N3O6S2/c34-27(32-38)11-5-6-19-12-14-33(15-13-19)29(36)22(31-28(35)25-16-20-7-1-3-9-23(20)40-25)18-39-30(37)26-17-21-8-2-4-10-24(21)41-26/h1-4,7-10,16-17,19,22,38H,5-6,11-15,18H2,(H,31,35)(H,32,34). The second kappa shape index (κ2) is 13.2. The highest BCUT2D eigenvalue weighted by atomic mass is 32.1. The average Bonchev–Trinajstić information content (AvgIpc) is 3.64. The van der Waals surface area contributed by atoms with Gasteiger partial charge in [0.05, 0.1) is 4.88 Å². The molecule has 0 bridgehead atoms. The van der Waals surface area contributed by atoms with Crippen LogP contribution in [0.5, 0.6) is 0 Å². The lowest BCUT2D eigenvalue weighted by Crippen LogP contribution is -2.52. The summed E-state index contributed by atoms with van der Waals surface area (Å²) in [5.74, 6) is -1.25. The van der Waals surface area contributed by atoms with Gasteiger partial charge in [-0.05, 0) is 66.6 Å². The fourth-order valence-electron chi connectivity index (χ4n) is 5.08. The zero-order chi connectivity index (χ0) is 28.8. The molecule has 2 aromatic carbocycles. The van der Waals surface area contributed by atoms with Crippen molar-refractivity contribution in [2.75, 3.05) is 19.7 Å². The maximum absolute atomic E-state index is 13.6. The summed E-state index contributed by atoms with van der Waals surface area (Å²) in [5.41, 5.74) is 1.65. The quantitative estimate of drug-likeness (QED) is 0.135. The Kier molecular flexibility index (Phi) is 9.28. The highest BCUT2D eigenvalue weighted by Gasteiger charge is 2.31. The molecule has 3 amide bonds. The molecule has 0 spiro atoms. The number of hydroxylamine groups is 1. The summed E-state index contributed by atoms with van der Waals surface area (Å²) in [5, 5.41) is 13.4. The molecule has 1 unspecified atom stereocenters. The first kappa shape index (κ1) is 28.7. The number of amides is 3. The van der Waals surface area contributed by atoms with E-state index in [2.05, 4.69) is 5.32 Å². The number of nitrogens with zero attached hydrogens (tertiary/aromatic N) is 1. The van der Waals surface area contributed by atoms with Crippen molar-refractivity contribution >= 4 is 66.5 Å². The Bertz CT molecular complexity index is 1490. The molecular weight excluding hydrogens is 562 g/mol. The van der Waals surface area contributed by atoms with Gasteiger partial charge in [0.15, 0.2) is 0 Å². The Hall–Kier alpha value is -3.80. The Morgan fingerprint density at radius 2 is 1.54 bits per heavy atom. The zero-order valence-corrected chi connectivity index (χ0v) is 24.0.